The van der Waals surface area contributed by atoms with Crippen LogP contribution in [0.3, 0.4) is 0 Å². The third kappa shape index (κ3) is 3.81. The summed E-state index contributed by atoms with van der Waals surface area (Å²) in [4.78, 5) is 0. The van der Waals surface area contributed by atoms with Crippen molar-refractivity contribution >= 4 is 0 Å². The van der Waals surface area contributed by atoms with Gasteiger partial charge in [-0.3, -0.25) is 0 Å². The van der Waals surface area contributed by atoms with Gasteiger partial charge in [0.05, 0.1) is 24.7 Å². The summed E-state index contributed by atoms with van der Waals surface area (Å²) in [5.74, 6) is 0.698. The van der Waals surface area contributed by atoms with Gasteiger partial charge in [0.15, 0.2) is 0 Å². The molecule has 0 amide bonds. The van der Waals surface area contributed by atoms with Crippen molar-refractivity contribution in [2.75, 3.05) is 26.9 Å². The van der Waals surface area contributed by atoms with Crippen molar-refractivity contribution in [3.8, 4) is 6.07 Å². The molecule has 0 aliphatic heterocycles. The molecule has 0 aromatic heterocycles. The van der Waals surface area contributed by atoms with Crippen LogP contribution in [-0.4, -0.2) is 26.9 Å². The predicted octanol–water partition coefficient (Wildman–Crippen LogP) is 2.37. The first kappa shape index (κ1) is 12.5. The summed E-state index contributed by atoms with van der Waals surface area (Å²) in [5, 5.41) is 9.21. The molecule has 3 nitrogen and oxygen atoms in total. The smallest absolute Gasteiger partial charge is 0.0700 e. The van der Waals surface area contributed by atoms with Gasteiger partial charge >= 0.3 is 0 Å². The maximum absolute atomic E-state index is 9.21. The van der Waals surface area contributed by atoms with Gasteiger partial charge < -0.3 is 9.47 Å². The van der Waals surface area contributed by atoms with Crippen LogP contribution in [0.25, 0.3) is 0 Å². The Bertz CT molecular complexity index is 224. The second-order valence-corrected chi connectivity index (χ2v) is 4.60. The fraction of sp³-hybridized carbons (Fsp3) is 0.917. The van der Waals surface area contributed by atoms with Crippen LogP contribution in [0.2, 0.25) is 0 Å². The number of methoxy groups -OCH3 is 1. The molecule has 86 valence electrons. The molecule has 1 rings (SSSR count). The van der Waals surface area contributed by atoms with E-state index in [0.29, 0.717) is 25.7 Å². The maximum Gasteiger partial charge on any atom is 0.0700 e. The van der Waals surface area contributed by atoms with E-state index < -0.39 is 0 Å². The van der Waals surface area contributed by atoms with Crippen LogP contribution in [-0.2, 0) is 9.47 Å². The molecular formula is C12H21NO2. The molecule has 0 saturated heterocycles. The van der Waals surface area contributed by atoms with Gasteiger partial charge in [0.25, 0.3) is 0 Å². The second-order valence-electron chi connectivity index (χ2n) is 4.60. The fourth-order valence-corrected chi connectivity index (χ4v) is 2.29. The molecule has 0 bridgehead atoms. The molecule has 1 aliphatic carbocycles. The Hall–Kier alpha value is -0.590. The van der Waals surface area contributed by atoms with E-state index in [1.807, 2.05) is 0 Å². The van der Waals surface area contributed by atoms with E-state index in [1.165, 1.54) is 6.42 Å². The molecule has 0 aromatic rings. The number of nitriles is 1. The zero-order valence-corrected chi connectivity index (χ0v) is 9.79. The molecule has 1 fully saturated rings. The lowest BCUT2D eigenvalue weighted by atomic mass is 9.84. The highest BCUT2D eigenvalue weighted by molar-refractivity contribution is 5.03. The first-order valence-electron chi connectivity index (χ1n) is 5.70. The Labute approximate surface area is 92.4 Å². The molecule has 3 heteroatoms. The van der Waals surface area contributed by atoms with Gasteiger partial charge in [0.2, 0.25) is 0 Å². The molecular weight excluding hydrogens is 190 g/mol. The first-order valence-corrected chi connectivity index (χ1v) is 5.70. The van der Waals surface area contributed by atoms with Crippen LogP contribution in [0.4, 0.5) is 0 Å². The normalized spacial score (nSPS) is 30.3. The predicted molar refractivity (Wildman–Crippen MR) is 58.4 cm³/mol. The van der Waals surface area contributed by atoms with Crippen molar-refractivity contribution in [2.45, 2.75) is 32.6 Å². The molecule has 1 aliphatic rings. The quantitative estimate of drug-likeness (QED) is 0.633. The lowest BCUT2D eigenvalue weighted by molar-refractivity contribution is 0.0583. The van der Waals surface area contributed by atoms with Crippen LogP contribution < -0.4 is 0 Å². The summed E-state index contributed by atoms with van der Waals surface area (Å²) in [7, 11) is 1.67. The van der Waals surface area contributed by atoms with E-state index in [2.05, 4.69) is 13.0 Å². The van der Waals surface area contributed by atoms with E-state index in [1.54, 1.807) is 7.11 Å². The van der Waals surface area contributed by atoms with Crippen molar-refractivity contribution < 1.29 is 9.47 Å². The average molecular weight is 211 g/mol. The topological polar surface area (TPSA) is 42.2 Å². The third-order valence-corrected chi connectivity index (χ3v) is 3.25. The minimum atomic E-state index is -0.105. The molecule has 0 spiro atoms. The van der Waals surface area contributed by atoms with Crippen LogP contribution in [0.15, 0.2) is 0 Å². The van der Waals surface area contributed by atoms with E-state index in [4.69, 9.17) is 9.47 Å². The average Bonchev–Trinajstić information content (AvgIpc) is 2.61. The fourth-order valence-electron chi connectivity index (χ4n) is 2.29. The van der Waals surface area contributed by atoms with Gasteiger partial charge in [-0.15, -0.1) is 0 Å². The standard InChI is InChI=1S/C12H21NO2/c1-11-3-4-12(9-11,10-13)5-6-15-8-7-14-2/h11H,3-9H2,1-2H3. The highest BCUT2D eigenvalue weighted by atomic mass is 16.5. The summed E-state index contributed by atoms with van der Waals surface area (Å²) >= 11 is 0. The zero-order valence-electron chi connectivity index (χ0n) is 9.79. The maximum atomic E-state index is 9.21. The van der Waals surface area contributed by atoms with Gasteiger partial charge in [-0.05, 0) is 31.6 Å². The second kappa shape index (κ2) is 6.09. The monoisotopic (exact) mass is 211 g/mol. The summed E-state index contributed by atoms with van der Waals surface area (Å²) in [6, 6.07) is 2.49. The van der Waals surface area contributed by atoms with Crippen molar-refractivity contribution in [3.05, 3.63) is 0 Å². The van der Waals surface area contributed by atoms with Crippen molar-refractivity contribution in [3.63, 3.8) is 0 Å². The highest BCUT2D eigenvalue weighted by Gasteiger charge is 2.37. The molecule has 0 N–H and O–H groups in total. The van der Waals surface area contributed by atoms with E-state index in [0.717, 1.165) is 19.3 Å². The minimum Gasteiger partial charge on any atom is -0.382 e. The Balaban J connectivity index is 2.21. The SMILES string of the molecule is COCCOCCC1(C#N)CCC(C)C1. The Morgan fingerprint density at radius 1 is 1.40 bits per heavy atom. The van der Waals surface area contributed by atoms with Crippen LogP contribution in [0.5, 0.6) is 0 Å². The lowest BCUT2D eigenvalue weighted by Crippen LogP contribution is -2.18. The lowest BCUT2D eigenvalue weighted by Gasteiger charge is -2.20. The largest absolute Gasteiger partial charge is 0.382 e. The van der Waals surface area contributed by atoms with E-state index in [-0.39, 0.29) is 5.41 Å². The first-order chi connectivity index (χ1) is 7.22. The summed E-state index contributed by atoms with van der Waals surface area (Å²) in [5.41, 5.74) is -0.105. The summed E-state index contributed by atoms with van der Waals surface area (Å²) in [6.45, 7) is 4.18. The molecule has 1 saturated carbocycles. The third-order valence-electron chi connectivity index (χ3n) is 3.25. The van der Waals surface area contributed by atoms with Gasteiger partial charge in [0, 0.05) is 13.7 Å². The van der Waals surface area contributed by atoms with Crippen LogP contribution in [0, 0.1) is 22.7 Å². The molecule has 15 heavy (non-hydrogen) atoms. The molecule has 0 radical (unpaired) electrons. The number of hydrogen-bond acceptors (Lipinski definition) is 3. The number of hydrogen-bond donors (Lipinski definition) is 0. The Morgan fingerprint density at radius 3 is 2.73 bits per heavy atom. The number of rotatable bonds is 6. The van der Waals surface area contributed by atoms with Crippen molar-refractivity contribution in [1.82, 2.24) is 0 Å². The van der Waals surface area contributed by atoms with Gasteiger partial charge in [-0.2, -0.15) is 5.26 Å². The molecule has 2 unspecified atom stereocenters. The van der Waals surface area contributed by atoms with Gasteiger partial charge in [-0.25, -0.2) is 0 Å². The molecule has 0 aromatic carbocycles. The van der Waals surface area contributed by atoms with Crippen LogP contribution >= 0.6 is 0 Å². The Kier molecular flexibility index (Phi) is 5.07. The Morgan fingerprint density at radius 2 is 2.20 bits per heavy atom. The molecule has 0 heterocycles. The van der Waals surface area contributed by atoms with Gasteiger partial charge in [0.1, 0.15) is 0 Å². The van der Waals surface area contributed by atoms with Gasteiger partial charge in [-0.1, -0.05) is 6.92 Å². The van der Waals surface area contributed by atoms with Crippen molar-refractivity contribution in [1.29, 1.82) is 5.26 Å². The van der Waals surface area contributed by atoms with Crippen molar-refractivity contribution in [2.24, 2.45) is 11.3 Å². The zero-order chi connectivity index (χ0) is 11.1. The summed E-state index contributed by atoms with van der Waals surface area (Å²) in [6.07, 6.45) is 4.14. The van der Waals surface area contributed by atoms with Crippen LogP contribution in [0.1, 0.15) is 32.6 Å². The number of ether oxygens (including phenoxy) is 2. The minimum absolute atomic E-state index is 0.105. The highest BCUT2D eigenvalue weighted by Crippen LogP contribution is 2.43. The number of nitrogens with zero attached hydrogens (tertiary/aromatic N) is 1. The molecule has 2 atom stereocenters. The van der Waals surface area contributed by atoms with E-state index in [9.17, 15) is 5.26 Å². The van der Waals surface area contributed by atoms with E-state index >= 15 is 0 Å². The summed E-state index contributed by atoms with van der Waals surface area (Å²) < 4.78 is 10.3.